The van der Waals surface area contributed by atoms with Crippen molar-refractivity contribution in [3.63, 3.8) is 0 Å². The van der Waals surface area contributed by atoms with Crippen molar-refractivity contribution < 1.29 is 14.7 Å². The van der Waals surface area contributed by atoms with Crippen molar-refractivity contribution in [2.75, 3.05) is 6.54 Å². The molecular weight excluding hydrogens is 244 g/mol. The third kappa shape index (κ3) is 3.05. The summed E-state index contributed by atoms with van der Waals surface area (Å²) in [5.41, 5.74) is 2.60. The maximum Gasteiger partial charge on any atom is 0.326 e. The van der Waals surface area contributed by atoms with Crippen molar-refractivity contribution in [1.29, 1.82) is 0 Å². The maximum absolute atomic E-state index is 11.6. The van der Waals surface area contributed by atoms with Crippen LogP contribution >= 0.6 is 0 Å². The molecule has 0 heterocycles. The highest BCUT2D eigenvalue weighted by atomic mass is 16.4. The van der Waals surface area contributed by atoms with Gasteiger partial charge in [-0.15, -0.1) is 0 Å². The van der Waals surface area contributed by atoms with E-state index in [-0.39, 0.29) is 0 Å². The lowest BCUT2D eigenvalue weighted by Crippen LogP contribution is -2.47. The van der Waals surface area contributed by atoms with Crippen LogP contribution in [0.15, 0.2) is 24.3 Å². The molecular formula is C14H18N2O3. The largest absolute Gasteiger partial charge is 0.480 e. The number of carbonyl (C=O) groups is 2. The van der Waals surface area contributed by atoms with Gasteiger partial charge in [-0.05, 0) is 24.0 Å². The molecule has 1 aliphatic rings. The van der Waals surface area contributed by atoms with Crippen LogP contribution in [0.5, 0.6) is 0 Å². The molecule has 1 aliphatic carbocycles. The minimum Gasteiger partial charge on any atom is -0.480 e. The molecule has 2 amide bonds. The minimum absolute atomic E-state index is 0.340. The van der Waals surface area contributed by atoms with Crippen molar-refractivity contribution in [2.24, 2.45) is 0 Å². The number of rotatable bonds is 5. The number of urea groups is 1. The Morgan fingerprint density at radius 3 is 2.79 bits per heavy atom. The van der Waals surface area contributed by atoms with Gasteiger partial charge in [-0.25, -0.2) is 9.59 Å². The molecule has 1 aromatic rings. The van der Waals surface area contributed by atoms with Gasteiger partial charge in [-0.1, -0.05) is 31.2 Å². The predicted octanol–water partition coefficient (Wildman–Crippen LogP) is 1.49. The molecule has 1 unspecified atom stereocenters. The zero-order valence-corrected chi connectivity index (χ0v) is 10.8. The Morgan fingerprint density at radius 2 is 2.16 bits per heavy atom. The number of nitrogens with one attached hydrogen (secondary N) is 2. The summed E-state index contributed by atoms with van der Waals surface area (Å²) in [6.07, 6.45) is 1.33. The van der Waals surface area contributed by atoms with Gasteiger partial charge < -0.3 is 15.7 Å². The summed E-state index contributed by atoms with van der Waals surface area (Å²) < 4.78 is 0. The minimum atomic E-state index is -1.01. The number of hydrogen-bond acceptors (Lipinski definition) is 2. The van der Waals surface area contributed by atoms with Gasteiger partial charge in [0, 0.05) is 12.5 Å². The lowest BCUT2D eigenvalue weighted by molar-refractivity contribution is -0.139. The first-order valence-electron chi connectivity index (χ1n) is 6.46. The molecule has 0 saturated heterocycles. The number of aliphatic carboxylic acids is 1. The number of carboxylic acid groups (broad SMARTS) is 1. The van der Waals surface area contributed by atoms with Crippen LogP contribution in [0.2, 0.25) is 0 Å². The Hall–Kier alpha value is -2.04. The Labute approximate surface area is 112 Å². The van der Waals surface area contributed by atoms with Crippen molar-refractivity contribution in [3.05, 3.63) is 35.4 Å². The standard InChI is InChI=1S/C14H18N2O3/c1-2-12(13(17)18)16-14(19)15-8-10-7-9-5-3-4-6-11(9)10/h3-6,10,12H,2,7-8H2,1H3,(H,17,18)(H2,15,16,19)/t10?,12-/m0/s1. The number of fused-ring (bicyclic) bond motifs is 1. The first-order valence-corrected chi connectivity index (χ1v) is 6.46. The van der Waals surface area contributed by atoms with Crippen LogP contribution in [0.3, 0.4) is 0 Å². The number of benzene rings is 1. The summed E-state index contributed by atoms with van der Waals surface area (Å²) in [6, 6.07) is 6.90. The molecule has 19 heavy (non-hydrogen) atoms. The van der Waals surface area contributed by atoms with Crippen LogP contribution < -0.4 is 10.6 Å². The van der Waals surface area contributed by atoms with E-state index >= 15 is 0 Å². The van der Waals surface area contributed by atoms with Gasteiger partial charge in [-0.3, -0.25) is 0 Å². The molecule has 0 aliphatic heterocycles. The van der Waals surface area contributed by atoms with E-state index in [1.54, 1.807) is 6.92 Å². The summed E-state index contributed by atoms with van der Waals surface area (Å²) in [4.78, 5) is 22.4. The average Bonchev–Trinajstić information content (AvgIpc) is 2.36. The molecule has 0 radical (unpaired) electrons. The highest BCUT2D eigenvalue weighted by Crippen LogP contribution is 2.33. The molecule has 102 valence electrons. The fourth-order valence-electron chi connectivity index (χ4n) is 2.31. The number of carbonyl (C=O) groups excluding carboxylic acids is 1. The quantitative estimate of drug-likeness (QED) is 0.752. The zero-order chi connectivity index (χ0) is 13.8. The number of amides is 2. The lowest BCUT2D eigenvalue weighted by atomic mass is 9.78. The van der Waals surface area contributed by atoms with Gasteiger partial charge in [0.15, 0.2) is 0 Å². The Bertz CT molecular complexity index is 487. The molecule has 2 rings (SSSR count). The average molecular weight is 262 g/mol. The van der Waals surface area contributed by atoms with Crippen molar-refractivity contribution in [3.8, 4) is 0 Å². The van der Waals surface area contributed by atoms with Crippen LogP contribution in [0, 0.1) is 0 Å². The molecule has 5 nitrogen and oxygen atoms in total. The second kappa shape index (κ2) is 5.73. The molecule has 5 heteroatoms. The third-order valence-corrected chi connectivity index (χ3v) is 3.48. The van der Waals surface area contributed by atoms with Gasteiger partial charge in [0.25, 0.3) is 0 Å². The van der Waals surface area contributed by atoms with E-state index < -0.39 is 18.0 Å². The summed E-state index contributed by atoms with van der Waals surface area (Å²) in [7, 11) is 0. The second-order valence-corrected chi connectivity index (χ2v) is 4.75. The fraction of sp³-hybridized carbons (Fsp3) is 0.429. The third-order valence-electron chi connectivity index (χ3n) is 3.48. The van der Waals surface area contributed by atoms with Gasteiger partial charge >= 0.3 is 12.0 Å². The predicted molar refractivity (Wildman–Crippen MR) is 71.1 cm³/mol. The summed E-state index contributed by atoms with van der Waals surface area (Å²) in [6.45, 7) is 2.26. The zero-order valence-electron chi connectivity index (χ0n) is 10.8. The second-order valence-electron chi connectivity index (χ2n) is 4.75. The van der Waals surface area contributed by atoms with Gasteiger partial charge in [0.1, 0.15) is 6.04 Å². The smallest absolute Gasteiger partial charge is 0.326 e. The summed E-state index contributed by atoms with van der Waals surface area (Å²) in [5.74, 6) is -0.668. The molecule has 0 aromatic heterocycles. The topological polar surface area (TPSA) is 78.4 Å². The Balaban J connectivity index is 1.78. The lowest BCUT2D eigenvalue weighted by Gasteiger charge is -2.30. The SMILES string of the molecule is CC[C@H](NC(=O)NCC1Cc2ccccc21)C(=O)O. The number of hydrogen-bond donors (Lipinski definition) is 3. The van der Waals surface area contributed by atoms with E-state index in [4.69, 9.17) is 5.11 Å². The first-order chi connectivity index (χ1) is 9.11. The van der Waals surface area contributed by atoms with E-state index in [0.717, 1.165) is 6.42 Å². The molecule has 0 saturated carbocycles. The van der Waals surface area contributed by atoms with E-state index in [1.807, 2.05) is 12.1 Å². The molecule has 0 fully saturated rings. The summed E-state index contributed by atoms with van der Waals surface area (Å²) >= 11 is 0. The highest BCUT2D eigenvalue weighted by Gasteiger charge is 2.26. The fourth-order valence-corrected chi connectivity index (χ4v) is 2.31. The van der Waals surface area contributed by atoms with Crippen LogP contribution in [-0.2, 0) is 11.2 Å². The van der Waals surface area contributed by atoms with Crippen LogP contribution in [-0.4, -0.2) is 29.7 Å². The normalized spacial score (nSPS) is 17.8. The Morgan fingerprint density at radius 1 is 1.42 bits per heavy atom. The van der Waals surface area contributed by atoms with Crippen molar-refractivity contribution in [1.82, 2.24) is 10.6 Å². The van der Waals surface area contributed by atoms with E-state index in [0.29, 0.717) is 18.9 Å². The molecule has 3 N–H and O–H groups in total. The Kier molecular flexibility index (Phi) is 4.04. The van der Waals surface area contributed by atoms with E-state index in [9.17, 15) is 9.59 Å². The first kappa shape index (κ1) is 13.4. The van der Waals surface area contributed by atoms with Gasteiger partial charge in [0.2, 0.25) is 0 Å². The molecule has 0 bridgehead atoms. The van der Waals surface area contributed by atoms with Crippen molar-refractivity contribution >= 4 is 12.0 Å². The van der Waals surface area contributed by atoms with Crippen LogP contribution in [0.25, 0.3) is 0 Å². The van der Waals surface area contributed by atoms with E-state index in [1.165, 1.54) is 11.1 Å². The summed E-state index contributed by atoms with van der Waals surface area (Å²) in [5, 5.41) is 14.0. The monoisotopic (exact) mass is 262 g/mol. The van der Waals surface area contributed by atoms with Crippen LogP contribution in [0.4, 0.5) is 4.79 Å². The van der Waals surface area contributed by atoms with Crippen LogP contribution in [0.1, 0.15) is 30.4 Å². The van der Waals surface area contributed by atoms with Gasteiger partial charge in [-0.2, -0.15) is 0 Å². The molecule has 0 spiro atoms. The maximum atomic E-state index is 11.6. The number of carboxylic acids is 1. The molecule has 2 atom stereocenters. The molecule has 1 aromatic carbocycles. The van der Waals surface area contributed by atoms with Crippen molar-refractivity contribution in [2.45, 2.75) is 31.7 Å². The van der Waals surface area contributed by atoms with Gasteiger partial charge in [0.05, 0.1) is 0 Å². The highest BCUT2D eigenvalue weighted by molar-refractivity contribution is 5.82. The van der Waals surface area contributed by atoms with E-state index in [2.05, 4.69) is 22.8 Å².